The monoisotopic (exact) mass is 305 g/mol. The van der Waals surface area contributed by atoms with Crippen molar-refractivity contribution in [3.8, 4) is 11.1 Å². The number of nitrogens with zero attached hydrogens (tertiary/aromatic N) is 1. The van der Waals surface area contributed by atoms with Crippen molar-refractivity contribution in [1.82, 2.24) is 0 Å². The Morgan fingerprint density at radius 1 is 0.727 bits per heavy atom. The van der Waals surface area contributed by atoms with E-state index < -0.39 is 7.29 Å². The molecule has 0 aromatic heterocycles. The zero-order valence-electron chi connectivity index (χ0n) is 12.3. The molecule has 0 fully saturated rings. The largest absolute Gasteiger partial charge is 0.318 e. The Morgan fingerprint density at radius 3 is 2.09 bits per heavy atom. The number of hydrogen-bond acceptors (Lipinski definition) is 1. The molecule has 0 saturated heterocycles. The lowest BCUT2D eigenvalue weighted by Gasteiger charge is -2.37. The molecular weight excluding hydrogens is 289 g/mol. The highest BCUT2D eigenvalue weighted by Gasteiger charge is 2.39. The van der Waals surface area contributed by atoms with E-state index in [0.29, 0.717) is 0 Å². The summed E-state index contributed by atoms with van der Waals surface area (Å²) in [4.78, 5) is 0. The normalized spacial score (nSPS) is 19.4. The third kappa shape index (κ3) is 1.71. The predicted molar refractivity (Wildman–Crippen MR) is 93.6 cm³/mol. The predicted octanol–water partition coefficient (Wildman–Crippen LogP) is 4.03. The van der Waals surface area contributed by atoms with E-state index in [4.69, 9.17) is 0 Å². The standard InChI is InChI=1S/C19H16NOP/c1-20-18-13-7-5-11-16(18)17-12-6-8-14-19(17)22(20,21)15-9-3-2-4-10-15/h2-14H,1H3. The van der Waals surface area contributed by atoms with E-state index >= 15 is 0 Å². The lowest BCUT2D eigenvalue weighted by atomic mass is 10.0. The molecule has 1 aliphatic rings. The van der Waals surface area contributed by atoms with E-state index in [1.807, 2.05) is 78.4 Å². The van der Waals surface area contributed by atoms with Crippen LogP contribution in [0.1, 0.15) is 0 Å². The van der Waals surface area contributed by atoms with Gasteiger partial charge in [0.25, 0.3) is 0 Å². The molecule has 1 atom stereocenters. The van der Waals surface area contributed by atoms with Crippen LogP contribution >= 0.6 is 7.29 Å². The summed E-state index contributed by atoms with van der Waals surface area (Å²) in [7, 11) is -0.913. The summed E-state index contributed by atoms with van der Waals surface area (Å²) in [5.74, 6) is 0. The summed E-state index contributed by atoms with van der Waals surface area (Å²) >= 11 is 0. The third-order valence-electron chi connectivity index (χ3n) is 4.30. The molecule has 2 nitrogen and oxygen atoms in total. The second-order valence-corrected chi connectivity index (χ2v) is 8.22. The fourth-order valence-corrected chi connectivity index (χ4v) is 6.02. The van der Waals surface area contributed by atoms with Crippen LogP contribution in [0.5, 0.6) is 0 Å². The van der Waals surface area contributed by atoms with E-state index in [1.54, 1.807) is 0 Å². The fourth-order valence-electron chi connectivity index (χ4n) is 3.20. The Bertz CT molecular complexity index is 889. The van der Waals surface area contributed by atoms with Crippen molar-refractivity contribution in [1.29, 1.82) is 0 Å². The van der Waals surface area contributed by atoms with Crippen molar-refractivity contribution in [2.24, 2.45) is 0 Å². The molecule has 4 rings (SSSR count). The van der Waals surface area contributed by atoms with Crippen LogP contribution in [0.3, 0.4) is 0 Å². The number of hydrogen-bond donors (Lipinski definition) is 0. The Kier molecular flexibility index (Phi) is 2.95. The van der Waals surface area contributed by atoms with E-state index in [9.17, 15) is 4.57 Å². The number of anilines is 1. The van der Waals surface area contributed by atoms with Gasteiger partial charge in [0.2, 0.25) is 7.29 Å². The SMILES string of the molecule is CN1c2ccccc2-c2ccccc2P1(=O)c1ccccc1. The summed E-state index contributed by atoms with van der Waals surface area (Å²) in [6, 6.07) is 26.0. The molecule has 0 N–H and O–H groups in total. The summed E-state index contributed by atoms with van der Waals surface area (Å²) in [5, 5.41) is 1.79. The molecule has 0 spiro atoms. The van der Waals surface area contributed by atoms with Crippen LogP contribution in [0.15, 0.2) is 78.9 Å². The summed E-state index contributed by atoms with van der Waals surface area (Å²) in [6.45, 7) is 0. The number of rotatable bonds is 1. The van der Waals surface area contributed by atoms with Crippen molar-refractivity contribution in [2.75, 3.05) is 11.7 Å². The number of fused-ring (bicyclic) bond motifs is 3. The maximum absolute atomic E-state index is 14.1. The van der Waals surface area contributed by atoms with Crippen LogP contribution in [-0.4, -0.2) is 7.05 Å². The zero-order valence-corrected chi connectivity index (χ0v) is 13.2. The molecule has 1 aliphatic heterocycles. The first-order valence-electron chi connectivity index (χ1n) is 7.32. The summed E-state index contributed by atoms with van der Waals surface area (Å²) in [6.07, 6.45) is 0. The lowest BCUT2D eigenvalue weighted by molar-refractivity contribution is 0.586. The first kappa shape index (κ1) is 13.4. The molecule has 3 aromatic carbocycles. The van der Waals surface area contributed by atoms with E-state index in [-0.39, 0.29) is 0 Å². The number of para-hydroxylation sites is 1. The lowest BCUT2D eigenvalue weighted by Crippen LogP contribution is -2.33. The zero-order chi connectivity index (χ0) is 15.2. The van der Waals surface area contributed by atoms with E-state index in [1.165, 1.54) is 0 Å². The second-order valence-electron chi connectivity index (χ2n) is 5.47. The highest BCUT2D eigenvalue weighted by atomic mass is 31.2. The molecule has 108 valence electrons. The van der Waals surface area contributed by atoms with Gasteiger partial charge < -0.3 is 4.67 Å². The Balaban J connectivity index is 2.09. The van der Waals surface area contributed by atoms with Crippen LogP contribution < -0.4 is 15.3 Å². The third-order valence-corrected chi connectivity index (χ3v) is 7.40. The minimum Gasteiger partial charge on any atom is -0.318 e. The highest BCUT2D eigenvalue weighted by Crippen LogP contribution is 2.56. The van der Waals surface area contributed by atoms with E-state index in [2.05, 4.69) is 12.1 Å². The Morgan fingerprint density at radius 2 is 1.32 bits per heavy atom. The van der Waals surface area contributed by atoms with Crippen LogP contribution in [0.2, 0.25) is 0 Å². The molecule has 3 heteroatoms. The molecule has 1 unspecified atom stereocenters. The van der Waals surface area contributed by atoms with Gasteiger partial charge in [-0.3, -0.25) is 4.57 Å². The van der Waals surface area contributed by atoms with Gasteiger partial charge in [-0.25, -0.2) is 0 Å². The van der Waals surface area contributed by atoms with Gasteiger partial charge in [0.05, 0.1) is 5.69 Å². The molecule has 3 aromatic rings. The smallest absolute Gasteiger partial charge is 0.230 e. The first-order chi connectivity index (χ1) is 10.7. The first-order valence-corrected chi connectivity index (χ1v) is 8.98. The summed E-state index contributed by atoms with van der Waals surface area (Å²) in [5.41, 5.74) is 3.24. The van der Waals surface area contributed by atoms with Crippen LogP contribution in [-0.2, 0) is 4.57 Å². The quantitative estimate of drug-likeness (QED) is 0.633. The maximum Gasteiger partial charge on any atom is 0.230 e. The molecule has 0 amide bonds. The number of benzene rings is 3. The minimum atomic E-state index is -2.85. The van der Waals surface area contributed by atoms with Gasteiger partial charge in [-0.05, 0) is 29.8 Å². The second kappa shape index (κ2) is 4.86. The molecule has 22 heavy (non-hydrogen) atoms. The van der Waals surface area contributed by atoms with Gasteiger partial charge in [0.15, 0.2) is 0 Å². The van der Waals surface area contributed by atoms with Crippen LogP contribution in [0.4, 0.5) is 5.69 Å². The maximum atomic E-state index is 14.1. The van der Waals surface area contributed by atoms with Gasteiger partial charge in [0.1, 0.15) is 0 Å². The van der Waals surface area contributed by atoms with Gasteiger partial charge in [0, 0.05) is 23.2 Å². The van der Waals surface area contributed by atoms with Crippen LogP contribution in [0.25, 0.3) is 11.1 Å². The van der Waals surface area contributed by atoms with Crippen molar-refractivity contribution in [2.45, 2.75) is 0 Å². The van der Waals surface area contributed by atoms with Crippen molar-refractivity contribution in [3.63, 3.8) is 0 Å². The minimum absolute atomic E-state index is 0.874. The van der Waals surface area contributed by atoms with Crippen molar-refractivity contribution >= 4 is 23.6 Å². The van der Waals surface area contributed by atoms with Crippen molar-refractivity contribution < 1.29 is 4.57 Å². The fraction of sp³-hybridized carbons (Fsp3) is 0.0526. The molecular formula is C19H16NOP. The van der Waals surface area contributed by atoms with Gasteiger partial charge >= 0.3 is 0 Å². The summed E-state index contributed by atoms with van der Waals surface area (Å²) < 4.78 is 16.0. The van der Waals surface area contributed by atoms with Crippen molar-refractivity contribution in [3.05, 3.63) is 78.9 Å². The average Bonchev–Trinajstić information content (AvgIpc) is 2.60. The van der Waals surface area contributed by atoms with Crippen LogP contribution in [0, 0.1) is 0 Å². The van der Waals surface area contributed by atoms with Gasteiger partial charge in [-0.1, -0.05) is 54.6 Å². The molecule has 0 saturated carbocycles. The van der Waals surface area contributed by atoms with Gasteiger partial charge in [-0.15, -0.1) is 0 Å². The Hall–Kier alpha value is -2.31. The van der Waals surface area contributed by atoms with E-state index in [0.717, 1.165) is 27.4 Å². The molecule has 1 heterocycles. The molecule has 0 aliphatic carbocycles. The molecule has 0 bridgehead atoms. The topological polar surface area (TPSA) is 20.3 Å². The Labute approximate surface area is 130 Å². The average molecular weight is 305 g/mol. The molecule has 0 radical (unpaired) electrons. The highest BCUT2D eigenvalue weighted by molar-refractivity contribution is 7.80. The van der Waals surface area contributed by atoms with Gasteiger partial charge in [-0.2, -0.15) is 0 Å².